The van der Waals surface area contributed by atoms with E-state index in [1.165, 1.54) is 12.1 Å². The van der Waals surface area contributed by atoms with Crippen LogP contribution >= 0.6 is 0 Å². The van der Waals surface area contributed by atoms with Crippen LogP contribution in [0.4, 0.5) is 4.39 Å². The molecule has 1 aromatic carbocycles. The molecule has 1 aromatic rings. The number of hydrogen-bond acceptors (Lipinski definition) is 3. The van der Waals surface area contributed by atoms with Crippen molar-refractivity contribution in [3.8, 4) is 0 Å². The monoisotopic (exact) mass is 227 g/mol. The number of nitrogens with one attached hydrogen (secondary N) is 1. The third-order valence-electron chi connectivity index (χ3n) is 2.42. The zero-order chi connectivity index (χ0) is 12.0. The zero-order valence-electron chi connectivity index (χ0n) is 9.66. The molecule has 0 saturated carbocycles. The smallest absolute Gasteiger partial charge is 0.123 e. The van der Waals surface area contributed by atoms with Crippen LogP contribution in [-0.2, 0) is 10.3 Å². The third kappa shape index (κ3) is 3.89. The molecule has 1 atom stereocenters. The van der Waals surface area contributed by atoms with Crippen LogP contribution in [0.1, 0.15) is 12.5 Å². The minimum absolute atomic E-state index is 0.299. The van der Waals surface area contributed by atoms with Gasteiger partial charge < -0.3 is 15.2 Å². The van der Waals surface area contributed by atoms with Crippen LogP contribution in [0.15, 0.2) is 24.3 Å². The summed E-state index contributed by atoms with van der Waals surface area (Å²) in [5.41, 5.74) is -0.305. The van der Waals surface area contributed by atoms with Crippen molar-refractivity contribution in [3.63, 3.8) is 0 Å². The minimum atomic E-state index is -0.999. The molecule has 3 nitrogen and oxygen atoms in total. The van der Waals surface area contributed by atoms with E-state index in [9.17, 15) is 9.50 Å². The van der Waals surface area contributed by atoms with Crippen molar-refractivity contribution in [3.05, 3.63) is 35.6 Å². The molecule has 0 fully saturated rings. The van der Waals surface area contributed by atoms with E-state index in [4.69, 9.17) is 4.74 Å². The Hall–Kier alpha value is -0.970. The maximum atomic E-state index is 12.7. The molecule has 1 rings (SSSR count). The van der Waals surface area contributed by atoms with Crippen molar-refractivity contribution < 1.29 is 14.2 Å². The van der Waals surface area contributed by atoms with Crippen molar-refractivity contribution in [2.24, 2.45) is 0 Å². The average Bonchev–Trinajstić information content (AvgIpc) is 2.25. The highest BCUT2D eigenvalue weighted by atomic mass is 19.1. The number of rotatable bonds is 6. The quantitative estimate of drug-likeness (QED) is 0.719. The van der Waals surface area contributed by atoms with Gasteiger partial charge in [-0.05, 0) is 24.6 Å². The van der Waals surface area contributed by atoms with Crippen molar-refractivity contribution in [2.45, 2.75) is 12.5 Å². The van der Waals surface area contributed by atoms with Gasteiger partial charge in [0.1, 0.15) is 5.82 Å². The summed E-state index contributed by atoms with van der Waals surface area (Å²) in [6, 6.07) is 5.87. The van der Waals surface area contributed by atoms with Crippen molar-refractivity contribution in [1.29, 1.82) is 0 Å². The van der Waals surface area contributed by atoms with E-state index in [0.717, 1.165) is 0 Å². The van der Waals surface area contributed by atoms with E-state index in [1.807, 2.05) is 0 Å². The number of aliphatic hydroxyl groups is 1. The maximum Gasteiger partial charge on any atom is 0.123 e. The van der Waals surface area contributed by atoms with Crippen LogP contribution in [0.2, 0.25) is 0 Å². The summed E-state index contributed by atoms with van der Waals surface area (Å²) in [4.78, 5) is 0. The summed E-state index contributed by atoms with van der Waals surface area (Å²) in [7, 11) is 1.62. The number of benzene rings is 1. The number of halogens is 1. The first-order chi connectivity index (χ1) is 7.56. The van der Waals surface area contributed by atoms with E-state index in [-0.39, 0.29) is 5.82 Å². The first-order valence-electron chi connectivity index (χ1n) is 5.24. The van der Waals surface area contributed by atoms with Crippen molar-refractivity contribution in [1.82, 2.24) is 5.32 Å². The molecule has 0 aliphatic heterocycles. The average molecular weight is 227 g/mol. The second-order valence-corrected chi connectivity index (χ2v) is 3.95. The molecule has 0 saturated heterocycles. The minimum Gasteiger partial charge on any atom is -0.384 e. The zero-order valence-corrected chi connectivity index (χ0v) is 9.66. The Morgan fingerprint density at radius 3 is 2.56 bits per heavy atom. The molecule has 1 unspecified atom stereocenters. The lowest BCUT2D eigenvalue weighted by Crippen LogP contribution is -2.36. The highest BCUT2D eigenvalue weighted by molar-refractivity contribution is 5.22. The van der Waals surface area contributed by atoms with Crippen LogP contribution in [-0.4, -0.2) is 31.9 Å². The normalized spacial score (nSPS) is 14.8. The van der Waals surface area contributed by atoms with E-state index in [1.54, 1.807) is 26.2 Å². The molecule has 4 heteroatoms. The third-order valence-corrected chi connectivity index (χ3v) is 2.42. The van der Waals surface area contributed by atoms with E-state index < -0.39 is 5.60 Å². The van der Waals surface area contributed by atoms with Gasteiger partial charge in [0.15, 0.2) is 0 Å². The second kappa shape index (κ2) is 5.94. The fourth-order valence-electron chi connectivity index (χ4n) is 1.42. The molecule has 0 aliphatic rings. The fraction of sp³-hybridized carbons (Fsp3) is 0.500. The van der Waals surface area contributed by atoms with Crippen LogP contribution < -0.4 is 5.32 Å². The summed E-state index contributed by atoms with van der Waals surface area (Å²) < 4.78 is 17.6. The van der Waals surface area contributed by atoms with Crippen LogP contribution in [0.5, 0.6) is 0 Å². The molecule has 0 aromatic heterocycles. The number of hydrogen-bond donors (Lipinski definition) is 2. The van der Waals surface area contributed by atoms with Crippen LogP contribution in [0.3, 0.4) is 0 Å². The Kier molecular flexibility index (Phi) is 4.86. The predicted molar refractivity (Wildman–Crippen MR) is 60.7 cm³/mol. The highest BCUT2D eigenvalue weighted by Crippen LogP contribution is 2.19. The van der Waals surface area contributed by atoms with Gasteiger partial charge in [-0.3, -0.25) is 0 Å². The van der Waals surface area contributed by atoms with Gasteiger partial charge in [-0.25, -0.2) is 4.39 Å². The molecule has 90 valence electrons. The second-order valence-electron chi connectivity index (χ2n) is 3.95. The molecule has 0 heterocycles. The Morgan fingerprint density at radius 1 is 1.38 bits per heavy atom. The molecule has 0 bridgehead atoms. The van der Waals surface area contributed by atoms with Gasteiger partial charge in [0, 0.05) is 20.2 Å². The van der Waals surface area contributed by atoms with E-state index in [2.05, 4.69) is 5.32 Å². The van der Waals surface area contributed by atoms with Crippen molar-refractivity contribution >= 4 is 0 Å². The van der Waals surface area contributed by atoms with Gasteiger partial charge >= 0.3 is 0 Å². The van der Waals surface area contributed by atoms with Gasteiger partial charge in [0.25, 0.3) is 0 Å². The lowest BCUT2D eigenvalue weighted by Gasteiger charge is -2.24. The van der Waals surface area contributed by atoms with Crippen molar-refractivity contribution in [2.75, 3.05) is 26.8 Å². The molecular weight excluding hydrogens is 209 g/mol. The first-order valence-corrected chi connectivity index (χ1v) is 5.24. The molecule has 0 radical (unpaired) electrons. The number of methoxy groups -OCH3 is 1. The summed E-state index contributed by atoms with van der Waals surface area (Å²) >= 11 is 0. The van der Waals surface area contributed by atoms with Gasteiger partial charge in [0.2, 0.25) is 0 Å². The maximum absolute atomic E-state index is 12.7. The standard InChI is InChI=1S/C12H18FNO2/c1-12(15,9-14-7-8-16-2)10-3-5-11(13)6-4-10/h3-6,14-15H,7-9H2,1-2H3. The number of ether oxygens (including phenoxy) is 1. The molecule has 0 aliphatic carbocycles. The fourth-order valence-corrected chi connectivity index (χ4v) is 1.42. The van der Waals surface area contributed by atoms with Gasteiger partial charge in [-0.15, -0.1) is 0 Å². The lowest BCUT2D eigenvalue weighted by molar-refractivity contribution is 0.0549. The van der Waals surface area contributed by atoms with E-state index in [0.29, 0.717) is 25.3 Å². The predicted octanol–water partition coefficient (Wildman–Crippen LogP) is 1.27. The highest BCUT2D eigenvalue weighted by Gasteiger charge is 2.22. The topological polar surface area (TPSA) is 41.5 Å². The van der Waals surface area contributed by atoms with Crippen LogP contribution in [0, 0.1) is 5.82 Å². The molecule has 16 heavy (non-hydrogen) atoms. The molecule has 0 amide bonds. The largest absolute Gasteiger partial charge is 0.384 e. The van der Waals surface area contributed by atoms with Crippen LogP contribution in [0.25, 0.3) is 0 Å². The molecule has 0 spiro atoms. The van der Waals surface area contributed by atoms with Gasteiger partial charge in [-0.2, -0.15) is 0 Å². The Balaban J connectivity index is 2.52. The summed E-state index contributed by atoms with van der Waals surface area (Å²) in [6.07, 6.45) is 0. The summed E-state index contributed by atoms with van der Waals surface area (Å²) in [6.45, 7) is 3.37. The summed E-state index contributed by atoms with van der Waals surface area (Å²) in [5.74, 6) is -0.299. The SMILES string of the molecule is COCCNCC(C)(O)c1ccc(F)cc1. The van der Waals surface area contributed by atoms with Gasteiger partial charge in [-0.1, -0.05) is 12.1 Å². The van der Waals surface area contributed by atoms with Gasteiger partial charge in [0.05, 0.1) is 12.2 Å². The Morgan fingerprint density at radius 2 is 2.00 bits per heavy atom. The van der Waals surface area contributed by atoms with E-state index >= 15 is 0 Å². The molecular formula is C12H18FNO2. The lowest BCUT2D eigenvalue weighted by atomic mass is 9.96. The Labute approximate surface area is 95.2 Å². The molecule has 2 N–H and O–H groups in total. The first kappa shape index (κ1) is 13.1. The summed E-state index contributed by atoms with van der Waals surface area (Å²) in [5, 5.41) is 13.2. The Bertz CT molecular complexity index is 311.